The molecule has 2 heterocycles. The largest absolute Gasteiger partial charge is 0.446 e. The molecule has 10 nitrogen and oxygen atoms in total. The molecule has 2 saturated heterocycles. The summed E-state index contributed by atoms with van der Waals surface area (Å²) >= 11 is 0. The van der Waals surface area contributed by atoms with E-state index >= 15 is 0 Å². The highest BCUT2D eigenvalue weighted by atomic mass is 17.2. The summed E-state index contributed by atoms with van der Waals surface area (Å²) in [6.07, 6.45) is 3.07. The van der Waals surface area contributed by atoms with Crippen LogP contribution in [0.1, 0.15) is 149 Å². The lowest BCUT2D eigenvalue weighted by atomic mass is 9.76. The van der Waals surface area contributed by atoms with Crippen LogP contribution in [-0.4, -0.2) is 117 Å². The first-order valence-electron chi connectivity index (χ1n) is 18.4. The van der Waals surface area contributed by atoms with Gasteiger partial charge in [-0.25, -0.2) is 19.4 Å². The van der Waals surface area contributed by atoms with Crippen molar-refractivity contribution < 1.29 is 28.8 Å². The molecule has 2 fully saturated rings. The summed E-state index contributed by atoms with van der Waals surface area (Å²) < 4.78 is 11.8. The van der Waals surface area contributed by atoms with E-state index in [0.29, 0.717) is 12.8 Å². The van der Waals surface area contributed by atoms with Gasteiger partial charge in [0.1, 0.15) is 23.4 Å². The van der Waals surface area contributed by atoms with Crippen LogP contribution < -0.4 is 0 Å². The third-order valence-corrected chi connectivity index (χ3v) is 10.8. The number of likely N-dealkylation sites (tertiary alicyclic amines) is 2. The summed E-state index contributed by atoms with van der Waals surface area (Å²) in [5.41, 5.74) is -1.53. The number of hydrogen-bond donors (Lipinski definition) is 0. The Morgan fingerprint density at radius 1 is 0.625 bits per heavy atom. The second kappa shape index (κ2) is 15.3. The van der Waals surface area contributed by atoms with Gasteiger partial charge in [0.05, 0.1) is 0 Å². The molecule has 0 saturated carbocycles. The van der Waals surface area contributed by atoms with E-state index in [0.717, 1.165) is 38.8 Å². The van der Waals surface area contributed by atoms with Crippen LogP contribution in [-0.2, 0) is 19.2 Å². The van der Waals surface area contributed by atoms with Gasteiger partial charge in [-0.1, -0.05) is 13.8 Å². The van der Waals surface area contributed by atoms with Crippen LogP contribution >= 0.6 is 0 Å². The van der Waals surface area contributed by atoms with Crippen molar-refractivity contribution in [3.63, 3.8) is 0 Å². The van der Waals surface area contributed by atoms with Crippen LogP contribution in [0.4, 0.5) is 9.59 Å². The van der Waals surface area contributed by atoms with E-state index in [1.54, 1.807) is 9.80 Å². The molecule has 2 aliphatic rings. The Labute approximate surface area is 294 Å². The molecule has 282 valence electrons. The lowest BCUT2D eigenvalue weighted by molar-refractivity contribution is -0.406. The Hall–Kier alpha value is -1.62. The smallest absolute Gasteiger partial charge is 0.410 e. The van der Waals surface area contributed by atoms with Gasteiger partial charge < -0.3 is 19.3 Å². The molecule has 2 amide bonds. The van der Waals surface area contributed by atoms with Crippen LogP contribution in [0.2, 0.25) is 0 Å². The predicted octanol–water partition coefficient (Wildman–Crippen LogP) is 8.27. The third-order valence-electron chi connectivity index (χ3n) is 10.8. The van der Waals surface area contributed by atoms with Gasteiger partial charge in [0.25, 0.3) is 0 Å². The normalized spacial score (nSPS) is 23.3. The predicted molar refractivity (Wildman–Crippen MR) is 194 cm³/mol. The maximum absolute atomic E-state index is 13.2. The van der Waals surface area contributed by atoms with Crippen molar-refractivity contribution in [3.05, 3.63) is 0 Å². The average Bonchev–Trinajstić information content (AvgIpc) is 2.88. The van der Waals surface area contributed by atoms with Crippen LogP contribution in [0.25, 0.3) is 0 Å². The van der Waals surface area contributed by atoms with Crippen LogP contribution in [0.15, 0.2) is 0 Å². The first-order chi connectivity index (χ1) is 21.6. The lowest BCUT2D eigenvalue weighted by Crippen LogP contribution is -2.64. The third kappa shape index (κ3) is 10.9. The minimum atomic E-state index is -0.723. The van der Waals surface area contributed by atoms with Gasteiger partial charge in [0.2, 0.25) is 0 Å². The van der Waals surface area contributed by atoms with E-state index in [4.69, 9.17) is 19.2 Å². The zero-order valence-corrected chi connectivity index (χ0v) is 34.2. The molecule has 0 aromatic heterocycles. The zero-order chi connectivity index (χ0) is 37.3. The molecular formula is C38H74N4O6. The molecule has 2 atom stereocenters. The van der Waals surface area contributed by atoms with Gasteiger partial charge in [-0.2, -0.15) is 0 Å². The van der Waals surface area contributed by atoms with E-state index in [1.807, 2.05) is 55.6 Å². The SMILES string of the molecule is CCN1C(C)(C)CC(N(C)C(=O)OC(C)CC(C)(C)OOC(C)(C)CC(C)OC(=O)N(C)C2CC(C)(C)N(CC)C(C)(C)C2)CC1(C)C. The summed E-state index contributed by atoms with van der Waals surface area (Å²) in [5, 5.41) is 0. The van der Waals surface area contributed by atoms with Crippen molar-refractivity contribution in [3.8, 4) is 0 Å². The highest BCUT2D eigenvalue weighted by Gasteiger charge is 2.48. The fourth-order valence-electron chi connectivity index (χ4n) is 9.36. The number of amides is 2. The van der Waals surface area contributed by atoms with Crippen molar-refractivity contribution in [1.82, 2.24) is 19.6 Å². The maximum Gasteiger partial charge on any atom is 0.410 e. The minimum absolute atomic E-state index is 0.0201. The summed E-state index contributed by atoms with van der Waals surface area (Å²) in [5.74, 6) is 0. The molecule has 0 N–H and O–H groups in total. The van der Waals surface area contributed by atoms with Gasteiger partial charge >= 0.3 is 12.2 Å². The summed E-state index contributed by atoms with van der Waals surface area (Å²) in [6, 6.07) is 0.184. The highest BCUT2D eigenvalue weighted by molar-refractivity contribution is 5.68. The fourth-order valence-corrected chi connectivity index (χ4v) is 9.36. The topological polar surface area (TPSA) is 84.0 Å². The zero-order valence-electron chi connectivity index (χ0n) is 34.2. The fraction of sp³-hybridized carbons (Fsp3) is 0.947. The maximum atomic E-state index is 13.2. The number of nitrogens with zero attached hydrogens (tertiary/aromatic N) is 4. The Morgan fingerprint density at radius 3 is 1.10 bits per heavy atom. The number of carbonyl (C=O) groups is 2. The first-order valence-corrected chi connectivity index (χ1v) is 18.4. The molecule has 0 spiro atoms. The number of rotatable bonds is 13. The Balaban J connectivity index is 1.88. The summed E-state index contributed by atoms with van der Waals surface area (Å²) in [4.78, 5) is 47.0. The molecule has 2 aliphatic heterocycles. The van der Waals surface area contributed by atoms with Gasteiger partial charge in [0, 0.05) is 61.2 Å². The molecule has 0 aromatic carbocycles. The number of carbonyl (C=O) groups excluding carboxylic acids is 2. The molecule has 2 unspecified atom stereocenters. The van der Waals surface area contributed by atoms with E-state index in [2.05, 4.69) is 79.0 Å². The molecule has 0 radical (unpaired) electrons. The highest BCUT2D eigenvalue weighted by Crippen LogP contribution is 2.41. The van der Waals surface area contributed by atoms with Gasteiger partial charge in [-0.15, -0.1) is 0 Å². The average molecular weight is 683 g/mol. The Morgan fingerprint density at radius 2 is 0.875 bits per heavy atom. The van der Waals surface area contributed by atoms with E-state index in [1.165, 1.54) is 0 Å². The molecule has 0 aliphatic carbocycles. The van der Waals surface area contributed by atoms with E-state index < -0.39 is 11.2 Å². The molecule has 2 rings (SSSR count). The van der Waals surface area contributed by atoms with Crippen molar-refractivity contribution in [2.45, 2.75) is 207 Å². The molecule has 10 heteroatoms. The van der Waals surface area contributed by atoms with E-state index in [9.17, 15) is 9.59 Å². The second-order valence-electron chi connectivity index (χ2n) is 18.6. The molecule has 0 bridgehead atoms. The number of ether oxygens (including phenoxy) is 2. The second-order valence-corrected chi connectivity index (χ2v) is 18.6. The first kappa shape index (κ1) is 42.5. The van der Waals surface area contributed by atoms with Crippen molar-refractivity contribution in [2.75, 3.05) is 27.2 Å². The number of piperidine rings is 2. The minimum Gasteiger partial charge on any atom is -0.446 e. The van der Waals surface area contributed by atoms with Crippen LogP contribution in [0.3, 0.4) is 0 Å². The summed E-state index contributed by atoms with van der Waals surface area (Å²) in [6.45, 7) is 35.9. The summed E-state index contributed by atoms with van der Waals surface area (Å²) in [7, 11) is 3.70. The lowest BCUT2D eigenvalue weighted by Gasteiger charge is -2.56. The van der Waals surface area contributed by atoms with Crippen molar-refractivity contribution in [2.24, 2.45) is 0 Å². The Kier molecular flexibility index (Phi) is 13.6. The van der Waals surface area contributed by atoms with Gasteiger partial charge in [-0.3, -0.25) is 9.80 Å². The van der Waals surface area contributed by atoms with Gasteiger partial charge in [-0.05, 0) is 136 Å². The quantitative estimate of drug-likeness (QED) is 0.142. The standard InChI is InChI=1S/C38H74N4O6/c1-19-41-33(5,6)23-29(24-34(41,7)8)39(17)31(43)45-27(3)21-37(13,14)47-48-38(15,16)22-28(4)46-32(44)40(18)30-25-35(9,10)42(20-2)36(11,12)26-30/h27-30H,19-26H2,1-18H3. The molecular weight excluding hydrogens is 608 g/mol. The van der Waals surface area contributed by atoms with Crippen molar-refractivity contribution >= 4 is 12.2 Å². The Bertz CT molecular complexity index is 967. The molecule has 0 aromatic rings. The number of hydrogen-bond acceptors (Lipinski definition) is 8. The van der Waals surface area contributed by atoms with Gasteiger partial charge in [0.15, 0.2) is 0 Å². The van der Waals surface area contributed by atoms with Crippen LogP contribution in [0, 0.1) is 0 Å². The monoisotopic (exact) mass is 683 g/mol. The van der Waals surface area contributed by atoms with E-state index in [-0.39, 0.29) is 58.6 Å². The van der Waals surface area contributed by atoms with Crippen LogP contribution in [0.5, 0.6) is 0 Å². The van der Waals surface area contributed by atoms with Crippen molar-refractivity contribution in [1.29, 1.82) is 0 Å². The molecule has 48 heavy (non-hydrogen) atoms.